The molecule has 0 bridgehead atoms. The van der Waals surface area contributed by atoms with Crippen molar-refractivity contribution in [2.45, 2.75) is 33.6 Å². The Morgan fingerprint density at radius 2 is 1.88 bits per heavy atom. The van der Waals surface area contributed by atoms with E-state index in [-0.39, 0.29) is 18.5 Å². The lowest BCUT2D eigenvalue weighted by Crippen LogP contribution is -2.19. The lowest BCUT2D eigenvalue weighted by atomic mass is 10.0. The third-order valence-corrected chi connectivity index (χ3v) is 4.69. The standard InChI is InChI=1S/C19H23NO4S/c1-5-23-19(22)18-13(4)10-17(25-18)20-16(21)11-24-15-8-6-14(7-9-15)12(2)3/h6-10,12H,5,11H2,1-4H3,(H,20,21). The number of anilines is 1. The molecule has 6 heteroatoms. The van der Waals surface area contributed by atoms with Gasteiger partial charge >= 0.3 is 5.97 Å². The predicted molar refractivity (Wildman–Crippen MR) is 99.7 cm³/mol. The number of rotatable bonds is 7. The highest BCUT2D eigenvalue weighted by Gasteiger charge is 2.16. The summed E-state index contributed by atoms with van der Waals surface area (Å²) in [5, 5.41) is 3.35. The van der Waals surface area contributed by atoms with Gasteiger partial charge in [0, 0.05) is 0 Å². The van der Waals surface area contributed by atoms with Crippen LogP contribution in [0.4, 0.5) is 5.00 Å². The fourth-order valence-corrected chi connectivity index (χ4v) is 3.20. The molecule has 0 aliphatic heterocycles. The van der Waals surface area contributed by atoms with Crippen molar-refractivity contribution >= 4 is 28.2 Å². The molecule has 2 rings (SSSR count). The van der Waals surface area contributed by atoms with E-state index < -0.39 is 0 Å². The minimum absolute atomic E-state index is 0.0906. The molecule has 1 heterocycles. The third kappa shape index (κ3) is 5.32. The molecule has 0 saturated carbocycles. The molecule has 2 aromatic rings. The molecule has 1 aromatic carbocycles. The Hall–Kier alpha value is -2.34. The third-order valence-electron chi connectivity index (χ3n) is 3.56. The predicted octanol–water partition coefficient (Wildman–Crippen LogP) is 4.37. The highest BCUT2D eigenvalue weighted by molar-refractivity contribution is 7.18. The average molecular weight is 361 g/mol. The van der Waals surface area contributed by atoms with E-state index in [1.165, 1.54) is 16.9 Å². The fraction of sp³-hybridized carbons (Fsp3) is 0.368. The highest BCUT2D eigenvalue weighted by Crippen LogP contribution is 2.27. The van der Waals surface area contributed by atoms with Crippen LogP contribution in [-0.2, 0) is 9.53 Å². The number of carbonyl (C=O) groups excluding carboxylic acids is 2. The summed E-state index contributed by atoms with van der Waals surface area (Å²) in [6, 6.07) is 9.46. The van der Waals surface area contributed by atoms with Crippen molar-refractivity contribution in [3.8, 4) is 5.75 Å². The van der Waals surface area contributed by atoms with Crippen LogP contribution in [0.5, 0.6) is 5.75 Å². The first-order chi connectivity index (χ1) is 11.9. The monoisotopic (exact) mass is 361 g/mol. The van der Waals surface area contributed by atoms with Gasteiger partial charge in [0.1, 0.15) is 10.6 Å². The smallest absolute Gasteiger partial charge is 0.348 e. The second kappa shape index (κ2) is 8.67. The van der Waals surface area contributed by atoms with Gasteiger partial charge in [-0.3, -0.25) is 4.79 Å². The van der Waals surface area contributed by atoms with E-state index in [9.17, 15) is 9.59 Å². The number of nitrogens with one attached hydrogen (secondary N) is 1. The van der Waals surface area contributed by atoms with Crippen LogP contribution in [0.3, 0.4) is 0 Å². The van der Waals surface area contributed by atoms with Gasteiger partial charge < -0.3 is 14.8 Å². The lowest BCUT2D eigenvalue weighted by molar-refractivity contribution is -0.118. The largest absolute Gasteiger partial charge is 0.484 e. The van der Waals surface area contributed by atoms with Crippen molar-refractivity contribution in [1.29, 1.82) is 0 Å². The maximum atomic E-state index is 12.0. The van der Waals surface area contributed by atoms with Gasteiger partial charge in [-0.2, -0.15) is 0 Å². The average Bonchev–Trinajstić information content (AvgIpc) is 2.94. The van der Waals surface area contributed by atoms with E-state index in [0.29, 0.717) is 28.2 Å². The van der Waals surface area contributed by atoms with E-state index in [0.717, 1.165) is 5.56 Å². The molecule has 0 aliphatic rings. The van der Waals surface area contributed by atoms with Crippen molar-refractivity contribution in [2.24, 2.45) is 0 Å². The summed E-state index contributed by atoms with van der Waals surface area (Å²) in [4.78, 5) is 24.3. The minimum Gasteiger partial charge on any atom is -0.484 e. The van der Waals surface area contributed by atoms with Crippen molar-refractivity contribution in [1.82, 2.24) is 0 Å². The van der Waals surface area contributed by atoms with Crippen LogP contribution in [0, 0.1) is 6.92 Å². The topological polar surface area (TPSA) is 64.6 Å². The number of esters is 1. The zero-order valence-corrected chi connectivity index (χ0v) is 15.7. The Labute approximate surface area is 152 Å². The highest BCUT2D eigenvalue weighted by atomic mass is 32.1. The van der Waals surface area contributed by atoms with Crippen molar-refractivity contribution in [2.75, 3.05) is 18.5 Å². The molecule has 5 nitrogen and oxygen atoms in total. The van der Waals surface area contributed by atoms with Crippen LogP contribution in [0.15, 0.2) is 30.3 Å². The van der Waals surface area contributed by atoms with Crippen LogP contribution in [0.2, 0.25) is 0 Å². The Morgan fingerprint density at radius 1 is 1.20 bits per heavy atom. The molecule has 1 N–H and O–H groups in total. The second-order valence-corrected chi connectivity index (χ2v) is 6.96. The normalized spacial score (nSPS) is 10.6. The second-order valence-electron chi connectivity index (χ2n) is 5.90. The maximum absolute atomic E-state index is 12.0. The SMILES string of the molecule is CCOC(=O)c1sc(NC(=O)COc2ccc(C(C)C)cc2)cc1C. The van der Waals surface area contributed by atoms with E-state index in [4.69, 9.17) is 9.47 Å². The number of hydrogen-bond acceptors (Lipinski definition) is 5. The summed E-state index contributed by atoms with van der Waals surface area (Å²) in [7, 11) is 0. The van der Waals surface area contributed by atoms with Crippen molar-refractivity contribution < 1.29 is 19.1 Å². The van der Waals surface area contributed by atoms with Crippen LogP contribution in [-0.4, -0.2) is 25.1 Å². The van der Waals surface area contributed by atoms with Gasteiger partial charge in [0.25, 0.3) is 5.91 Å². The summed E-state index contributed by atoms with van der Waals surface area (Å²) < 4.78 is 10.5. The van der Waals surface area contributed by atoms with Crippen LogP contribution in [0.1, 0.15) is 47.5 Å². The molecule has 0 aliphatic carbocycles. The van der Waals surface area contributed by atoms with E-state index in [2.05, 4.69) is 19.2 Å². The van der Waals surface area contributed by atoms with Gasteiger partial charge in [-0.15, -0.1) is 11.3 Å². The Bertz CT molecular complexity index is 734. The molecule has 1 amide bonds. The fourth-order valence-electron chi connectivity index (χ4n) is 2.21. The number of benzene rings is 1. The zero-order chi connectivity index (χ0) is 18.4. The summed E-state index contributed by atoms with van der Waals surface area (Å²) in [5.41, 5.74) is 2.00. The van der Waals surface area contributed by atoms with Crippen LogP contribution in [0.25, 0.3) is 0 Å². The number of thiophene rings is 1. The Kier molecular flexibility index (Phi) is 6.58. The number of aryl methyl sites for hydroxylation is 1. The Balaban J connectivity index is 1.90. The van der Waals surface area contributed by atoms with Gasteiger partial charge in [-0.1, -0.05) is 26.0 Å². The molecule has 0 saturated heterocycles. The molecular formula is C19H23NO4S. The Morgan fingerprint density at radius 3 is 2.48 bits per heavy atom. The van der Waals surface area contributed by atoms with Gasteiger partial charge in [-0.05, 0) is 49.1 Å². The molecule has 0 fully saturated rings. The summed E-state index contributed by atoms with van der Waals surface area (Å²) in [6.45, 7) is 8.04. The molecule has 1 aromatic heterocycles. The van der Waals surface area contributed by atoms with E-state index >= 15 is 0 Å². The van der Waals surface area contributed by atoms with Gasteiger partial charge in [0.15, 0.2) is 6.61 Å². The number of hydrogen-bond donors (Lipinski definition) is 1. The number of ether oxygens (including phenoxy) is 2. The van der Waals surface area contributed by atoms with Gasteiger partial charge in [0.2, 0.25) is 0 Å². The van der Waals surface area contributed by atoms with Crippen LogP contribution < -0.4 is 10.1 Å². The van der Waals surface area contributed by atoms with Gasteiger partial charge in [-0.25, -0.2) is 4.79 Å². The van der Waals surface area contributed by atoms with E-state index in [1.54, 1.807) is 13.0 Å². The number of carbonyl (C=O) groups is 2. The molecule has 134 valence electrons. The molecular weight excluding hydrogens is 338 g/mol. The quantitative estimate of drug-likeness (QED) is 0.744. The van der Waals surface area contributed by atoms with Gasteiger partial charge in [0.05, 0.1) is 11.6 Å². The number of amides is 1. The maximum Gasteiger partial charge on any atom is 0.348 e. The molecule has 0 unspecified atom stereocenters. The first kappa shape index (κ1) is 19.0. The van der Waals surface area contributed by atoms with Crippen molar-refractivity contribution in [3.05, 3.63) is 46.3 Å². The molecule has 25 heavy (non-hydrogen) atoms. The van der Waals surface area contributed by atoms with Crippen LogP contribution >= 0.6 is 11.3 Å². The van der Waals surface area contributed by atoms with Crippen molar-refractivity contribution in [3.63, 3.8) is 0 Å². The first-order valence-electron chi connectivity index (χ1n) is 8.20. The minimum atomic E-state index is -0.369. The summed E-state index contributed by atoms with van der Waals surface area (Å²) in [5.74, 6) is 0.457. The zero-order valence-electron chi connectivity index (χ0n) is 14.9. The first-order valence-corrected chi connectivity index (χ1v) is 9.02. The lowest BCUT2D eigenvalue weighted by Gasteiger charge is -2.08. The summed E-state index contributed by atoms with van der Waals surface area (Å²) in [6.07, 6.45) is 0. The molecule has 0 radical (unpaired) electrons. The molecule has 0 spiro atoms. The van der Waals surface area contributed by atoms with E-state index in [1.807, 2.05) is 31.2 Å². The molecule has 0 atom stereocenters. The summed E-state index contributed by atoms with van der Waals surface area (Å²) >= 11 is 1.20.